The third-order valence-corrected chi connectivity index (χ3v) is 5.36. The second-order valence-corrected chi connectivity index (χ2v) is 7.33. The highest BCUT2D eigenvalue weighted by Gasteiger charge is 2.24. The molecule has 1 aromatic heterocycles. The Bertz CT molecular complexity index is 885. The molecule has 6 heteroatoms. The molecule has 0 unspecified atom stereocenters. The van der Waals surface area contributed by atoms with Crippen LogP contribution in [0.15, 0.2) is 59.1 Å². The molecule has 0 saturated carbocycles. The summed E-state index contributed by atoms with van der Waals surface area (Å²) in [6.45, 7) is 6.29. The molecule has 4 rings (SSSR count). The van der Waals surface area contributed by atoms with E-state index >= 15 is 0 Å². The summed E-state index contributed by atoms with van der Waals surface area (Å²) in [5.41, 5.74) is 2.19. The summed E-state index contributed by atoms with van der Waals surface area (Å²) in [5, 5.41) is 0. The van der Waals surface area contributed by atoms with E-state index in [1.54, 1.807) is 30.3 Å². The molecular weight excluding hydrogens is 357 g/mol. The Hall–Kier alpha value is -2.70. The lowest BCUT2D eigenvalue weighted by molar-refractivity contribution is -1.02. The van der Waals surface area contributed by atoms with Crippen molar-refractivity contribution in [3.8, 4) is 17.1 Å². The van der Waals surface area contributed by atoms with Gasteiger partial charge in [-0.2, -0.15) is 0 Å². The fraction of sp³-hybridized carbons (Fsp3) is 0.318. The van der Waals surface area contributed by atoms with E-state index in [1.807, 2.05) is 12.1 Å². The number of hydrogen-bond donors (Lipinski definition) is 2. The van der Waals surface area contributed by atoms with Gasteiger partial charge < -0.3 is 19.0 Å². The number of quaternary nitrogens is 2. The molecule has 3 aromatic rings. The third-order valence-electron chi connectivity index (χ3n) is 5.36. The van der Waals surface area contributed by atoms with Crippen molar-refractivity contribution in [1.29, 1.82) is 0 Å². The SMILES string of the molecule is COc1ccc(C[NH+]2CC[NH+](Cc3ncc(-c4ccc(F)cc4)o3)CC2)cc1. The first kappa shape index (κ1) is 18.7. The summed E-state index contributed by atoms with van der Waals surface area (Å²) in [6.07, 6.45) is 1.73. The molecule has 1 fully saturated rings. The average molecular weight is 383 g/mol. The number of rotatable bonds is 6. The molecule has 5 nitrogen and oxygen atoms in total. The van der Waals surface area contributed by atoms with E-state index in [0.29, 0.717) is 5.76 Å². The van der Waals surface area contributed by atoms with E-state index in [-0.39, 0.29) is 5.82 Å². The molecular formula is C22H26FN3O2+2. The lowest BCUT2D eigenvalue weighted by Crippen LogP contribution is -3.27. The minimum Gasteiger partial charge on any atom is -0.497 e. The minimum atomic E-state index is -0.247. The second-order valence-electron chi connectivity index (χ2n) is 7.33. The van der Waals surface area contributed by atoms with Gasteiger partial charge >= 0.3 is 0 Å². The Morgan fingerprint density at radius 2 is 1.57 bits per heavy atom. The van der Waals surface area contributed by atoms with Crippen LogP contribution in [-0.2, 0) is 13.1 Å². The van der Waals surface area contributed by atoms with Gasteiger partial charge in [-0.05, 0) is 48.5 Å². The lowest BCUT2D eigenvalue weighted by Gasteiger charge is -2.29. The topological polar surface area (TPSA) is 44.1 Å². The normalized spacial score (nSPS) is 19.5. The predicted molar refractivity (Wildman–Crippen MR) is 104 cm³/mol. The Kier molecular flexibility index (Phi) is 5.69. The first-order chi connectivity index (χ1) is 13.7. The van der Waals surface area contributed by atoms with E-state index in [2.05, 4.69) is 17.1 Å². The highest BCUT2D eigenvalue weighted by molar-refractivity contribution is 5.55. The van der Waals surface area contributed by atoms with Crippen LogP contribution in [0.5, 0.6) is 5.75 Å². The Morgan fingerprint density at radius 1 is 0.929 bits per heavy atom. The standard InChI is InChI=1S/C22H24FN3O2/c1-27-20-8-2-17(3-9-20)15-25-10-12-26(13-11-25)16-22-24-14-21(28-22)18-4-6-19(23)7-5-18/h2-9,14H,10-13,15-16H2,1H3/p+2. The summed E-state index contributed by atoms with van der Waals surface area (Å²) in [6, 6.07) is 14.7. The Labute approximate surface area is 164 Å². The van der Waals surface area contributed by atoms with Gasteiger partial charge in [0, 0.05) is 11.1 Å². The van der Waals surface area contributed by atoms with E-state index in [9.17, 15) is 4.39 Å². The largest absolute Gasteiger partial charge is 0.497 e. The monoisotopic (exact) mass is 383 g/mol. The second kappa shape index (κ2) is 8.54. The number of benzene rings is 2. The van der Waals surface area contributed by atoms with Gasteiger partial charge in [-0.15, -0.1) is 0 Å². The van der Waals surface area contributed by atoms with Crippen LogP contribution in [0, 0.1) is 5.82 Å². The average Bonchev–Trinajstić information content (AvgIpc) is 3.19. The van der Waals surface area contributed by atoms with E-state index < -0.39 is 0 Å². The zero-order valence-electron chi connectivity index (χ0n) is 16.1. The number of halogens is 1. The summed E-state index contributed by atoms with van der Waals surface area (Å²) in [5.74, 6) is 2.09. The number of methoxy groups -OCH3 is 1. The molecule has 0 atom stereocenters. The lowest BCUT2D eigenvalue weighted by atomic mass is 10.2. The maximum absolute atomic E-state index is 13.1. The maximum Gasteiger partial charge on any atom is 0.250 e. The van der Waals surface area contributed by atoms with Gasteiger partial charge in [0.05, 0.1) is 13.3 Å². The zero-order chi connectivity index (χ0) is 19.3. The quantitative estimate of drug-likeness (QED) is 0.667. The van der Waals surface area contributed by atoms with Crippen LogP contribution in [0.2, 0.25) is 0 Å². The van der Waals surface area contributed by atoms with Crippen LogP contribution in [0.1, 0.15) is 11.5 Å². The van der Waals surface area contributed by atoms with Crippen LogP contribution < -0.4 is 14.5 Å². The molecule has 1 saturated heterocycles. The number of ether oxygens (including phenoxy) is 1. The third kappa shape index (κ3) is 4.58. The maximum atomic E-state index is 13.1. The first-order valence-electron chi connectivity index (χ1n) is 9.70. The van der Waals surface area contributed by atoms with Crippen molar-refractivity contribution in [2.24, 2.45) is 0 Å². The minimum absolute atomic E-state index is 0.247. The van der Waals surface area contributed by atoms with Gasteiger partial charge in [-0.1, -0.05) is 0 Å². The van der Waals surface area contributed by atoms with Crippen molar-refractivity contribution < 1.29 is 23.3 Å². The summed E-state index contributed by atoms with van der Waals surface area (Å²) in [4.78, 5) is 7.51. The number of oxazole rings is 1. The zero-order valence-corrected chi connectivity index (χ0v) is 16.1. The van der Waals surface area contributed by atoms with Crippen LogP contribution in [0.25, 0.3) is 11.3 Å². The smallest absolute Gasteiger partial charge is 0.250 e. The summed E-state index contributed by atoms with van der Waals surface area (Å²) in [7, 11) is 1.69. The summed E-state index contributed by atoms with van der Waals surface area (Å²) < 4.78 is 24.2. The number of hydrogen-bond acceptors (Lipinski definition) is 3. The molecule has 2 N–H and O–H groups in total. The highest BCUT2D eigenvalue weighted by Crippen LogP contribution is 2.20. The molecule has 2 aromatic carbocycles. The van der Waals surface area contributed by atoms with E-state index in [0.717, 1.165) is 56.5 Å². The van der Waals surface area contributed by atoms with Gasteiger partial charge in [0.15, 0.2) is 12.3 Å². The van der Waals surface area contributed by atoms with E-state index in [1.165, 1.54) is 22.6 Å². The van der Waals surface area contributed by atoms with E-state index in [4.69, 9.17) is 9.15 Å². The summed E-state index contributed by atoms with van der Waals surface area (Å²) >= 11 is 0. The van der Waals surface area contributed by atoms with Crippen LogP contribution in [0.4, 0.5) is 4.39 Å². The van der Waals surface area contributed by atoms with Crippen molar-refractivity contribution in [2.45, 2.75) is 13.1 Å². The van der Waals surface area contributed by atoms with Crippen molar-refractivity contribution in [2.75, 3.05) is 33.3 Å². The van der Waals surface area contributed by atoms with Crippen LogP contribution in [-0.4, -0.2) is 38.3 Å². The number of nitrogens with zero attached hydrogens (tertiary/aromatic N) is 1. The number of piperazine rings is 1. The first-order valence-corrected chi connectivity index (χ1v) is 9.70. The molecule has 1 aliphatic rings. The van der Waals surface area contributed by atoms with Crippen LogP contribution >= 0.6 is 0 Å². The molecule has 0 bridgehead atoms. The fourth-order valence-electron chi connectivity index (χ4n) is 3.70. The highest BCUT2D eigenvalue weighted by atomic mass is 19.1. The van der Waals surface area contributed by atoms with Crippen molar-refractivity contribution in [3.63, 3.8) is 0 Å². The Balaban J connectivity index is 1.28. The van der Waals surface area contributed by atoms with Crippen LogP contribution in [0.3, 0.4) is 0 Å². The molecule has 146 valence electrons. The molecule has 0 radical (unpaired) electrons. The van der Waals surface area contributed by atoms with Gasteiger partial charge in [-0.25, -0.2) is 9.37 Å². The van der Waals surface area contributed by atoms with Gasteiger partial charge in [0.25, 0.3) is 5.89 Å². The molecule has 2 heterocycles. The van der Waals surface area contributed by atoms with Crippen molar-refractivity contribution in [3.05, 3.63) is 72.0 Å². The van der Waals surface area contributed by atoms with Gasteiger partial charge in [0.2, 0.25) is 0 Å². The van der Waals surface area contributed by atoms with Gasteiger partial charge in [0.1, 0.15) is 44.3 Å². The molecule has 1 aliphatic heterocycles. The number of nitrogens with one attached hydrogen (secondary N) is 2. The Morgan fingerprint density at radius 3 is 2.21 bits per heavy atom. The molecule has 28 heavy (non-hydrogen) atoms. The molecule has 0 spiro atoms. The van der Waals surface area contributed by atoms with Crippen molar-refractivity contribution >= 4 is 0 Å². The number of aromatic nitrogens is 1. The molecule has 0 amide bonds. The predicted octanol–water partition coefficient (Wildman–Crippen LogP) is 0.973. The van der Waals surface area contributed by atoms with Crippen molar-refractivity contribution in [1.82, 2.24) is 4.98 Å². The fourth-order valence-corrected chi connectivity index (χ4v) is 3.70. The molecule has 0 aliphatic carbocycles. The van der Waals surface area contributed by atoms with Gasteiger partial charge in [-0.3, -0.25) is 0 Å².